The van der Waals surface area contributed by atoms with Crippen LogP contribution in [0.1, 0.15) is 12.5 Å². The zero-order valence-corrected chi connectivity index (χ0v) is 10.7. The van der Waals surface area contributed by atoms with Gasteiger partial charge in [0, 0.05) is 19.2 Å². The Morgan fingerprint density at radius 1 is 1.35 bits per heavy atom. The lowest BCUT2D eigenvalue weighted by atomic mass is 10.2. The fourth-order valence-corrected chi connectivity index (χ4v) is 2.59. The third-order valence-electron chi connectivity index (χ3n) is 2.32. The first-order chi connectivity index (χ1) is 8.04. The lowest BCUT2D eigenvalue weighted by molar-refractivity contribution is 0.350. The van der Waals surface area contributed by atoms with Crippen molar-refractivity contribution in [3.8, 4) is 11.8 Å². The number of hydrogen-bond donors (Lipinski definition) is 1. The van der Waals surface area contributed by atoms with Crippen LogP contribution in [0.25, 0.3) is 0 Å². The zero-order chi connectivity index (χ0) is 12.9. The number of benzene rings is 1. The lowest BCUT2D eigenvalue weighted by Crippen LogP contribution is -2.27. The first kappa shape index (κ1) is 13.7. The van der Waals surface area contributed by atoms with Gasteiger partial charge in [-0.3, -0.25) is 0 Å². The van der Waals surface area contributed by atoms with Crippen LogP contribution in [0, 0.1) is 11.8 Å². The molecule has 0 amide bonds. The summed E-state index contributed by atoms with van der Waals surface area (Å²) in [5, 5.41) is 8.64. The summed E-state index contributed by atoms with van der Waals surface area (Å²) < 4.78 is 25.5. The summed E-state index contributed by atoms with van der Waals surface area (Å²) >= 11 is 0. The average Bonchev–Trinajstić information content (AvgIpc) is 2.35. The predicted molar refractivity (Wildman–Crippen MR) is 65.9 cm³/mol. The molecule has 0 radical (unpaired) electrons. The summed E-state index contributed by atoms with van der Waals surface area (Å²) in [6, 6.07) is 6.51. The molecule has 1 rings (SSSR count). The van der Waals surface area contributed by atoms with Gasteiger partial charge in [-0.15, -0.1) is 0 Å². The number of hydrogen-bond acceptors (Lipinski definition) is 3. The lowest BCUT2D eigenvalue weighted by Gasteiger charge is -2.15. The van der Waals surface area contributed by atoms with Gasteiger partial charge in [-0.1, -0.05) is 30.9 Å². The Balaban J connectivity index is 3.32. The van der Waals surface area contributed by atoms with E-state index in [4.69, 9.17) is 5.11 Å². The largest absolute Gasteiger partial charge is 0.384 e. The molecule has 0 aromatic heterocycles. The minimum atomic E-state index is -3.50. The van der Waals surface area contributed by atoms with Gasteiger partial charge in [0.05, 0.1) is 4.90 Å². The molecule has 92 valence electrons. The van der Waals surface area contributed by atoms with Gasteiger partial charge in [-0.25, -0.2) is 12.7 Å². The monoisotopic (exact) mass is 253 g/mol. The quantitative estimate of drug-likeness (QED) is 0.806. The molecule has 0 saturated carbocycles. The van der Waals surface area contributed by atoms with Crippen molar-refractivity contribution in [3.63, 3.8) is 0 Å². The van der Waals surface area contributed by atoms with Crippen LogP contribution in [0.15, 0.2) is 29.2 Å². The van der Waals surface area contributed by atoms with Crippen molar-refractivity contribution < 1.29 is 13.5 Å². The highest BCUT2D eigenvalue weighted by atomic mass is 32.2. The number of nitrogens with zero attached hydrogens (tertiary/aromatic N) is 1. The molecule has 0 spiro atoms. The van der Waals surface area contributed by atoms with Crippen LogP contribution in [0.4, 0.5) is 0 Å². The van der Waals surface area contributed by atoms with E-state index in [1.165, 1.54) is 17.4 Å². The summed E-state index contributed by atoms with van der Waals surface area (Å²) in [6.45, 7) is 1.86. The van der Waals surface area contributed by atoms with E-state index in [-0.39, 0.29) is 11.5 Å². The standard InChI is InChI=1S/C12H15NO3S/c1-3-13(2)17(15,16)12-9-5-4-7-11(12)8-6-10-14/h4-5,7,9,14H,3,10H2,1-2H3. The molecule has 1 aromatic carbocycles. The first-order valence-corrected chi connectivity index (χ1v) is 6.63. The maximum absolute atomic E-state index is 12.1. The Labute approximate surface area is 102 Å². The fraction of sp³-hybridized carbons (Fsp3) is 0.333. The highest BCUT2D eigenvalue weighted by Gasteiger charge is 2.21. The molecular formula is C12H15NO3S. The zero-order valence-electron chi connectivity index (χ0n) is 9.84. The molecular weight excluding hydrogens is 238 g/mol. The second kappa shape index (κ2) is 5.82. The molecule has 0 unspecified atom stereocenters. The van der Waals surface area contributed by atoms with Crippen molar-refractivity contribution in [2.75, 3.05) is 20.2 Å². The van der Waals surface area contributed by atoms with Crippen LogP contribution < -0.4 is 0 Å². The summed E-state index contributed by atoms with van der Waals surface area (Å²) in [5.74, 6) is 5.10. The van der Waals surface area contributed by atoms with Crippen LogP contribution >= 0.6 is 0 Å². The second-order valence-corrected chi connectivity index (χ2v) is 5.39. The van der Waals surface area contributed by atoms with E-state index in [2.05, 4.69) is 11.8 Å². The summed E-state index contributed by atoms with van der Waals surface area (Å²) in [6.07, 6.45) is 0. The molecule has 0 heterocycles. The predicted octanol–water partition coefficient (Wildman–Crippen LogP) is 0.671. The van der Waals surface area contributed by atoms with Crippen molar-refractivity contribution in [2.24, 2.45) is 0 Å². The van der Waals surface area contributed by atoms with E-state index in [9.17, 15) is 8.42 Å². The molecule has 5 heteroatoms. The van der Waals surface area contributed by atoms with Crippen LogP contribution in [0.3, 0.4) is 0 Å². The van der Waals surface area contributed by atoms with Gasteiger partial charge in [0.2, 0.25) is 10.0 Å². The molecule has 0 bridgehead atoms. The average molecular weight is 253 g/mol. The van der Waals surface area contributed by atoms with Gasteiger partial charge >= 0.3 is 0 Å². The van der Waals surface area contributed by atoms with Crippen molar-refractivity contribution in [2.45, 2.75) is 11.8 Å². The van der Waals surface area contributed by atoms with Crippen molar-refractivity contribution in [3.05, 3.63) is 29.8 Å². The Bertz CT molecular complexity index is 540. The van der Waals surface area contributed by atoms with Crippen LogP contribution in [-0.2, 0) is 10.0 Å². The van der Waals surface area contributed by atoms with Gasteiger partial charge in [0.25, 0.3) is 0 Å². The maximum atomic E-state index is 12.1. The first-order valence-electron chi connectivity index (χ1n) is 5.19. The Kier molecular flexibility index (Phi) is 4.70. The number of aliphatic hydroxyl groups excluding tert-OH is 1. The summed E-state index contributed by atoms with van der Waals surface area (Å²) in [4.78, 5) is 0.172. The van der Waals surface area contributed by atoms with Gasteiger partial charge in [-0.05, 0) is 12.1 Å². The number of aliphatic hydroxyl groups is 1. The van der Waals surface area contributed by atoms with Crippen LogP contribution in [0.5, 0.6) is 0 Å². The Morgan fingerprint density at radius 2 is 2.00 bits per heavy atom. The number of sulfonamides is 1. The molecule has 4 nitrogen and oxygen atoms in total. The second-order valence-electron chi connectivity index (χ2n) is 3.38. The minimum Gasteiger partial charge on any atom is -0.384 e. The molecule has 0 atom stereocenters. The van der Waals surface area contributed by atoms with Crippen molar-refractivity contribution in [1.82, 2.24) is 4.31 Å². The molecule has 0 aliphatic heterocycles. The van der Waals surface area contributed by atoms with E-state index in [0.717, 1.165) is 0 Å². The minimum absolute atomic E-state index is 0.172. The smallest absolute Gasteiger partial charge is 0.244 e. The van der Waals surface area contributed by atoms with Crippen LogP contribution in [0.2, 0.25) is 0 Å². The molecule has 0 aliphatic rings. The highest BCUT2D eigenvalue weighted by Crippen LogP contribution is 2.18. The molecule has 1 aromatic rings. The normalized spacial score (nSPS) is 11.1. The Morgan fingerprint density at radius 3 is 2.59 bits per heavy atom. The summed E-state index contributed by atoms with van der Waals surface area (Å²) in [7, 11) is -1.98. The topological polar surface area (TPSA) is 57.6 Å². The van der Waals surface area contributed by atoms with Crippen LogP contribution in [-0.4, -0.2) is 38.0 Å². The maximum Gasteiger partial charge on any atom is 0.244 e. The number of rotatable bonds is 3. The van der Waals surface area contributed by atoms with Gasteiger partial charge < -0.3 is 5.11 Å². The van der Waals surface area contributed by atoms with E-state index in [0.29, 0.717) is 12.1 Å². The summed E-state index contributed by atoms with van der Waals surface area (Å²) in [5.41, 5.74) is 0.404. The highest BCUT2D eigenvalue weighted by molar-refractivity contribution is 7.89. The van der Waals surface area contributed by atoms with Gasteiger partial charge in [0.15, 0.2) is 0 Å². The van der Waals surface area contributed by atoms with Gasteiger partial charge in [-0.2, -0.15) is 0 Å². The SMILES string of the molecule is CCN(C)S(=O)(=O)c1ccccc1C#CCO. The molecule has 17 heavy (non-hydrogen) atoms. The Hall–Kier alpha value is -1.35. The molecule has 0 saturated heterocycles. The molecule has 0 aliphatic carbocycles. The van der Waals surface area contributed by atoms with E-state index >= 15 is 0 Å². The van der Waals surface area contributed by atoms with Crippen molar-refractivity contribution in [1.29, 1.82) is 0 Å². The van der Waals surface area contributed by atoms with E-state index in [1.54, 1.807) is 25.1 Å². The van der Waals surface area contributed by atoms with E-state index < -0.39 is 10.0 Å². The van der Waals surface area contributed by atoms with Gasteiger partial charge in [0.1, 0.15) is 6.61 Å². The van der Waals surface area contributed by atoms with Crippen molar-refractivity contribution >= 4 is 10.0 Å². The van der Waals surface area contributed by atoms with E-state index in [1.807, 2.05) is 0 Å². The third kappa shape index (κ3) is 3.07. The third-order valence-corrected chi connectivity index (χ3v) is 4.31. The molecule has 1 N–H and O–H groups in total. The molecule has 0 fully saturated rings. The fourth-order valence-electron chi connectivity index (χ4n) is 1.27.